The molecule has 2 atom stereocenters. The summed E-state index contributed by atoms with van der Waals surface area (Å²) in [6.45, 7) is 0.713. The number of aryl methyl sites for hydroxylation is 1. The summed E-state index contributed by atoms with van der Waals surface area (Å²) in [6.07, 6.45) is 1.69. The predicted octanol–water partition coefficient (Wildman–Crippen LogP) is 3.37. The van der Waals surface area contributed by atoms with Gasteiger partial charge in [-0.15, -0.1) is 11.8 Å². The summed E-state index contributed by atoms with van der Waals surface area (Å²) in [7, 11) is 0. The van der Waals surface area contributed by atoms with Crippen LogP contribution in [0.3, 0.4) is 0 Å². The minimum Gasteiger partial charge on any atom is -0.480 e. The van der Waals surface area contributed by atoms with Gasteiger partial charge in [0.2, 0.25) is 0 Å². The number of nitrogens with one attached hydrogen (secondary N) is 1. The smallest absolute Gasteiger partial charge is 0.321 e. The normalized spacial score (nSPS) is 21.1. The molecule has 0 amide bonds. The van der Waals surface area contributed by atoms with Crippen LogP contribution in [0.2, 0.25) is 0 Å². The molecule has 0 radical (unpaired) electrons. The van der Waals surface area contributed by atoms with Crippen LogP contribution in [0.1, 0.15) is 17.5 Å². The first-order chi connectivity index (χ1) is 13.7. The molecule has 0 bridgehead atoms. The molecule has 0 aromatic heterocycles. The van der Waals surface area contributed by atoms with Gasteiger partial charge in [-0.05, 0) is 42.2 Å². The molecule has 2 heterocycles. The lowest BCUT2D eigenvalue weighted by Crippen LogP contribution is -2.40. The third kappa shape index (κ3) is 4.55. The summed E-state index contributed by atoms with van der Waals surface area (Å²) in [5.41, 5.74) is 4.20. The van der Waals surface area contributed by atoms with Crippen molar-refractivity contribution in [3.8, 4) is 5.75 Å². The summed E-state index contributed by atoms with van der Waals surface area (Å²) >= 11 is 1.61. The van der Waals surface area contributed by atoms with E-state index in [-0.39, 0.29) is 12.2 Å². The van der Waals surface area contributed by atoms with Gasteiger partial charge in [0.15, 0.2) is 6.79 Å². The molecule has 2 aliphatic heterocycles. The van der Waals surface area contributed by atoms with Crippen molar-refractivity contribution in [2.45, 2.75) is 30.9 Å². The number of carbonyl (C=O) groups is 1. The second kappa shape index (κ2) is 8.77. The summed E-state index contributed by atoms with van der Waals surface area (Å²) < 4.78 is 11.3. The number of ether oxygens (including phenoxy) is 2. The first-order valence-corrected chi connectivity index (χ1v) is 10.3. The Hall–Kier alpha value is -2.35. The Balaban J connectivity index is 1.32. The van der Waals surface area contributed by atoms with E-state index in [1.807, 2.05) is 48.5 Å². The number of carboxylic acids is 1. The van der Waals surface area contributed by atoms with Crippen LogP contribution in [0, 0.1) is 0 Å². The summed E-state index contributed by atoms with van der Waals surface area (Å²) in [4.78, 5) is 15.9. The Morgan fingerprint density at radius 3 is 2.86 bits per heavy atom. The van der Waals surface area contributed by atoms with Gasteiger partial charge in [-0.25, -0.2) is 0 Å². The Labute approximate surface area is 168 Å². The standard InChI is InChI=1S/C21H22N2O4S/c24-21(25)19-12-28-20(23-19)18-8-6-15-10-16(7-9-17(15)22-18)27-13-26-11-14-4-2-1-3-5-14/h1-5,7,9-10,19-20,23H,6,8,11-13H2,(H,24,25). The van der Waals surface area contributed by atoms with E-state index in [0.29, 0.717) is 12.4 Å². The highest BCUT2D eigenvalue weighted by Crippen LogP contribution is 2.33. The maximum absolute atomic E-state index is 11.1. The van der Waals surface area contributed by atoms with Crippen LogP contribution in [-0.2, 0) is 22.6 Å². The molecule has 2 N–H and O–H groups in total. The van der Waals surface area contributed by atoms with E-state index in [1.165, 1.54) is 0 Å². The van der Waals surface area contributed by atoms with Crippen molar-refractivity contribution in [1.29, 1.82) is 0 Å². The van der Waals surface area contributed by atoms with Crippen molar-refractivity contribution in [2.75, 3.05) is 12.5 Å². The maximum Gasteiger partial charge on any atom is 0.321 e. The zero-order chi connectivity index (χ0) is 19.3. The highest BCUT2D eigenvalue weighted by molar-refractivity contribution is 8.00. The molecule has 7 heteroatoms. The number of benzene rings is 2. The van der Waals surface area contributed by atoms with E-state index in [9.17, 15) is 4.79 Å². The summed E-state index contributed by atoms with van der Waals surface area (Å²) in [6, 6.07) is 15.4. The molecular weight excluding hydrogens is 376 g/mol. The third-order valence-electron chi connectivity index (χ3n) is 4.77. The van der Waals surface area contributed by atoms with Crippen LogP contribution in [-0.4, -0.2) is 40.7 Å². The van der Waals surface area contributed by atoms with E-state index in [2.05, 4.69) is 5.32 Å². The average molecular weight is 398 g/mol. The molecule has 2 aromatic rings. The highest BCUT2D eigenvalue weighted by Gasteiger charge is 2.33. The van der Waals surface area contributed by atoms with E-state index < -0.39 is 12.0 Å². The first kappa shape index (κ1) is 19.0. The maximum atomic E-state index is 11.1. The van der Waals surface area contributed by atoms with Crippen molar-refractivity contribution in [3.63, 3.8) is 0 Å². The average Bonchev–Trinajstić information content (AvgIpc) is 3.22. The lowest BCUT2D eigenvalue weighted by Gasteiger charge is -2.20. The van der Waals surface area contributed by atoms with Gasteiger partial charge in [-0.2, -0.15) is 0 Å². The zero-order valence-electron chi connectivity index (χ0n) is 15.3. The number of hydrogen-bond acceptors (Lipinski definition) is 6. The number of carboxylic acid groups (broad SMARTS) is 1. The topological polar surface area (TPSA) is 80.2 Å². The van der Waals surface area contributed by atoms with Crippen LogP contribution in [0.15, 0.2) is 53.5 Å². The van der Waals surface area contributed by atoms with E-state index in [0.717, 1.165) is 41.1 Å². The number of fused-ring (bicyclic) bond motifs is 1. The molecule has 28 heavy (non-hydrogen) atoms. The molecule has 1 fully saturated rings. The monoisotopic (exact) mass is 398 g/mol. The lowest BCUT2D eigenvalue weighted by atomic mass is 10.0. The highest BCUT2D eigenvalue weighted by atomic mass is 32.2. The van der Waals surface area contributed by atoms with Crippen LogP contribution < -0.4 is 10.1 Å². The molecule has 0 saturated carbocycles. The van der Waals surface area contributed by atoms with Gasteiger partial charge in [0, 0.05) is 11.5 Å². The van der Waals surface area contributed by atoms with Gasteiger partial charge < -0.3 is 14.6 Å². The fraction of sp³-hybridized carbons (Fsp3) is 0.333. The second-order valence-corrected chi connectivity index (χ2v) is 7.90. The SMILES string of the molecule is O=C(O)C1CSC(C2=Nc3ccc(OCOCc4ccccc4)cc3CC2)N1. The number of rotatable bonds is 7. The molecule has 2 aliphatic rings. The Kier molecular flexibility index (Phi) is 5.95. The Bertz CT molecular complexity index is 872. The van der Waals surface area contributed by atoms with Gasteiger partial charge in [0.1, 0.15) is 11.8 Å². The Morgan fingerprint density at radius 2 is 2.07 bits per heavy atom. The van der Waals surface area contributed by atoms with E-state index in [1.54, 1.807) is 11.8 Å². The molecular formula is C21H22N2O4S. The molecule has 146 valence electrons. The summed E-state index contributed by atoms with van der Waals surface area (Å²) in [5.74, 6) is 0.537. The third-order valence-corrected chi connectivity index (χ3v) is 6.04. The van der Waals surface area contributed by atoms with Gasteiger partial charge >= 0.3 is 5.97 Å². The minimum absolute atomic E-state index is 0.0171. The minimum atomic E-state index is -0.803. The number of nitrogens with zero attached hydrogens (tertiary/aromatic N) is 1. The van der Waals surface area contributed by atoms with Crippen LogP contribution in [0.4, 0.5) is 5.69 Å². The largest absolute Gasteiger partial charge is 0.480 e. The fourth-order valence-corrected chi connectivity index (χ4v) is 4.52. The quantitative estimate of drug-likeness (QED) is 0.550. The molecule has 1 saturated heterocycles. The van der Waals surface area contributed by atoms with Gasteiger partial charge in [-0.1, -0.05) is 30.3 Å². The molecule has 2 aromatic carbocycles. The van der Waals surface area contributed by atoms with Crippen molar-refractivity contribution in [3.05, 3.63) is 59.7 Å². The van der Waals surface area contributed by atoms with Crippen LogP contribution in [0.25, 0.3) is 0 Å². The van der Waals surface area contributed by atoms with Crippen molar-refractivity contribution >= 4 is 29.1 Å². The predicted molar refractivity (Wildman–Crippen MR) is 109 cm³/mol. The van der Waals surface area contributed by atoms with E-state index in [4.69, 9.17) is 19.6 Å². The van der Waals surface area contributed by atoms with Crippen molar-refractivity contribution in [2.24, 2.45) is 4.99 Å². The molecule has 2 unspecified atom stereocenters. The number of thioether (sulfide) groups is 1. The van der Waals surface area contributed by atoms with E-state index >= 15 is 0 Å². The van der Waals surface area contributed by atoms with Gasteiger partial charge in [0.05, 0.1) is 17.7 Å². The first-order valence-electron chi connectivity index (χ1n) is 9.24. The second-order valence-electron chi connectivity index (χ2n) is 6.76. The summed E-state index contributed by atoms with van der Waals surface area (Å²) in [5, 5.41) is 12.3. The number of aliphatic carboxylic acids is 1. The Morgan fingerprint density at radius 1 is 1.21 bits per heavy atom. The zero-order valence-corrected chi connectivity index (χ0v) is 16.2. The van der Waals surface area contributed by atoms with Crippen molar-refractivity contribution in [1.82, 2.24) is 5.32 Å². The molecule has 4 rings (SSSR count). The van der Waals surface area contributed by atoms with Gasteiger partial charge in [0.25, 0.3) is 0 Å². The number of aliphatic imine (C=N–C) groups is 1. The van der Waals surface area contributed by atoms with Crippen LogP contribution in [0.5, 0.6) is 5.75 Å². The molecule has 0 aliphatic carbocycles. The molecule has 6 nitrogen and oxygen atoms in total. The number of hydrogen-bond donors (Lipinski definition) is 2. The van der Waals surface area contributed by atoms with Gasteiger partial charge in [-0.3, -0.25) is 15.1 Å². The lowest BCUT2D eigenvalue weighted by molar-refractivity contribution is -0.138. The van der Waals surface area contributed by atoms with Crippen LogP contribution >= 0.6 is 11.8 Å². The molecule has 0 spiro atoms. The van der Waals surface area contributed by atoms with Crippen molar-refractivity contribution < 1.29 is 19.4 Å². The fourth-order valence-electron chi connectivity index (χ4n) is 3.27.